The number of rotatable bonds is 8. The summed E-state index contributed by atoms with van der Waals surface area (Å²) in [6, 6.07) is 18.0. The van der Waals surface area contributed by atoms with Gasteiger partial charge in [0.25, 0.3) is 0 Å². The van der Waals surface area contributed by atoms with Gasteiger partial charge in [-0.25, -0.2) is 4.79 Å². The van der Waals surface area contributed by atoms with E-state index in [-0.39, 0.29) is 18.2 Å². The number of thiol groups is 2. The molecule has 8 nitrogen and oxygen atoms in total. The minimum absolute atomic E-state index is 0.0178. The standard InChI is InChI=1S/C22H21N5O3S2/c23-20(24)14-6-10-17(11-7-14)30-21(29)15-4-8-16(9-5-15)26-27-19(28)13-22(31,32)18-3-1-2-12-25-18/h1-12,26,31-32H,13H2,(H3,23,24)(H,27,28). The first-order valence-electron chi connectivity index (χ1n) is 9.42. The number of nitrogens with two attached hydrogens (primary N) is 1. The van der Waals surface area contributed by atoms with Crippen molar-refractivity contribution in [3.8, 4) is 5.75 Å². The quantitative estimate of drug-likeness (QED) is 0.0574. The number of esters is 1. The van der Waals surface area contributed by atoms with Gasteiger partial charge >= 0.3 is 5.97 Å². The monoisotopic (exact) mass is 467 g/mol. The average Bonchev–Trinajstić information content (AvgIpc) is 2.78. The van der Waals surface area contributed by atoms with Gasteiger partial charge in [-0.05, 0) is 60.7 Å². The predicted octanol–water partition coefficient (Wildman–Crippen LogP) is 3.13. The Morgan fingerprint density at radius 1 is 1.00 bits per heavy atom. The van der Waals surface area contributed by atoms with Gasteiger partial charge in [0.15, 0.2) is 0 Å². The molecule has 164 valence electrons. The second kappa shape index (κ2) is 10.2. The number of benzene rings is 2. The first-order valence-corrected chi connectivity index (χ1v) is 10.3. The Balaban J connectivity index is 1.52. The van der Waals surface area contributed by atoms with Crippen molar-refractivity contribution in [3.05, 3.63) is 89.7 Å². The number of carbonyl (C=O) groups is 2. The highest BCUT2D eigenvalue weighted by Crippen LogP contribution is 2.34. The number of nitrogen functional groups attached to an aromatic ring is 1. The fraction of sp³-hybridized carbons (Fsp3) is 0.0909. The summed E-state index contributed by atoms with van der Waals surface area (Å²) in [6.07, 6.45) is 1.59. The number of carbonyl (C=O) groups excluding carboxylic acids is 2. The molecule has 32 heavy (non-hydrogen) atoms. The van der Waals surface area contributed by atoms with Gasteiger partial charge in [-0.2, -0.15) is 25.3 Å². The molecule has 0 atom stereocenters. The van der Waals surface area contributed by atoms with E-state index >= 15 is 0 Å². The Kier molecular flexibility index (Phi) is 7.39. The van der Waals surface area contributed by atoms with Crippen LogP contribution in [0.15, 0.2) is 72.9 Å². The summed E-state index contributed by atoms with van der Waals surface area (Å²) in [5.41, 5.74) is 12.8. The molecule has 2 aromatic carbocycles. The van der Waals surface area contributed by atoms with E-state index in [4.69, 9.17) is 15.9 Å². The highest BCUT2D eigenvalue weighted by molar-refractivity contribution is 7.99. The summed E-state index contributed by atoms with van der Waals surface area (Å²) in [5.74, 6) is -0.604. The van der Waals surface area contributed by atoms with E-state index in [2.05, 4.69) is 41.1 Å². The van der Waals surface area contributed by atoms with E-state index in [9.17, 15) is 9.59 Å². The molecule has 5 N–H and O–H groups in total. The van der Waals surface area contributed by atoms with Crippen LogP contribution in [0, 0.1) is 5.41 Å². The van der Waals surface area contributed by atoms with Crippen LogP contribution in [0.3, 0.4) is 0 Å². The van der Waals surface area contributed by atoms with Gasteiger partial charge in [-0.1, -0.05) is 6.07 Å². The van der Waals surface area contributed by atoms with Crippen molar-refractivity contribution < 1.29 is 14.3 Å². The minimum atomic E-state index is -1.02. The number of nitrogens with zero attached hydrogens (tertiary/aromatic N) is 1. The number of nitrogens with one attached hydrogen (secondary N) is 3. The van der Waals surface area contributed by atoms with E-state index in [0.29, 0.717) is 28.3 Å². The topological polar surface area (TPSA) is 130 Å². The number of hydrogen-bond donors (Lipinski definition) is 6. The molecule has 0 aliphatic heterocycles. The lowest BCUT2D eigenvalue weighted by molar-refractivity contribution is -0.120. The molecule has 0 bridgehead atoms. The van der Waals surface area contributed by atoms with Crippen LogP contribution < -0.4 is 21.3 Å². The summed E-state index contributed by atoms with van der Waals surface area (Å²) in [4.78, 5) is 28.7. The number of hydrogen-bond acceptors (Lipinski definition) is 8. The molecule has 1 heterocycles. The van der Waals surface area contributed by atoms with Crippen molar-refractivity contribution in [2.24, 2.45) is 5.73 Å². The maximum atomic E-state index is 12.3. The number of ether oxygens (including phenoxy) is 1. The number of amidine groups is 1. The van der Waals surface area contributed by atoms with Crippen LogP contribution in [0.5, 0.6) is 5.75 Å². The molecule has 0 fully saturated rings. The van der Waals surface area contributed by atoms with E-state index in [0.717, 1.165) is 0 Å². The summed E-state index contributed by atoms with van der Waals surface area (Å²) in [6.45, 7) is 0. The first-order chi connectivity index (χ1) is 15.2. The molecular formula is C22H21N5O3S2. The second-order valence-electron chi connectivity index (χ2n) is 6.79. The SMILES string of the molecule is N=C(N)c1ccc(OC(=O)c2ccc(NNC(=O)CC(S)(S)c3ccccn3)cc2)cc1. The molecule has 0 radical (unpaired) electrons. The first kappa shape index (κ1) is 23.2. The molecule has 3 aromatic rings. The lowest BCUT2D eigenvalue weighted by Crippen LogP contribution is -2.33. The number of anilines is 1. The molecular weight excluding hydrogens is 446 g/mol. The lowest BCUT2D eigenvalue weighted by Gasteiger charge is -2.21. The smallest absolute Gasteiger partial charge is 0.343 e. The highest BCUT2D eigenvalue weighted by atomic mass is 32.2. The van der Waals surface area contributed by atoms with Crippen LogP contribution in [-0.2, 0) is 8.87 Å². The molecule has 0 spiro atoms. The van der Waals surface area contributed by atoms with Gasteiger partial charge in [0.2, 0.25) is 5.91 Å². The summed E-state index contributed by atoms with van der Waals surface area (Å²) in [5, 5.41) is 7.37. The van der Waals surface area contributed by atoms with Gasteiger partial charge in [0.05, 0.1) is 23.4 Å². The van der Waals surface area contributed by atoms with Crippen molar-refractivity contribution in [2.45, 2.75) is 10.5 Å². The van der Waals surface area contributed by atoms with Gasteiger partial charge in [0, 0.05) is 11.8 Å². The van der Waals surface area contributed by atoms with Crippen LogP contribution >= 0.6 is 25.3 Å². The maximum absolute atomic E-state index is 12.3. The normalized spacial score (nSPS) is 10.8. The maximum Gasteiger partial charge on any atom is 0.343 e. The van der Waals surface area contributed by atoms with Crippen LogP contribution in [0.25, 0.3) is 0 Å². The van der Waals surface area contributed by atoms with E-state index in [1.807, 2.05) is 0 Å². The zero-order valence-corrected chi connectivity index (χ0v) is 18.6. The predicted molar refractivity (Wildman–Crippen MR) is 129 cm³/mol. The lowest BCUT2D eigenvalue weighted by atomic mass is 10.2. The van der Waals surface area contributed by atoms with Crippen LogP contribution in [0.4, 0.5) is 5.69 Å². The molecule has 0 aliphatic rings. The second-order valence-corrected chi connectivity index (χ2v) is 8.67. The Hall–Kier alpha value is -3.50. The molecule has 10 heteroatoms. The van der Waals surface area contributed by atoms with Crippen molar-refractivity contribution in [3.63, 3.8) is 0 Å². The third kappa shape index (κ3) is 6.25. The number of aromatic nitrogens is 1. The highest BCUT2D eigenvalue weighted by Gasteiger charge is 2.27. The van der Waals surface area contributed by atoms with Crippen molar-refractivity contribution in [1.29, 1.82) is 5.41 Å². The van der Waals surface area contributed by atoms with Gasteiger partial charge in [-0.3, -0.25) is 26.0 Å². The Morgan fingerprint density at radius 2 is 1.66 bits per heavy atom. The fourth-order valence-electron chi connectivity index (χ4n) is 2.66. The van der Waals surface area contributed by atoms with Crippen molar-refractivity contribution >= 4 is 48.7 Å². The molecule has 0 unspecified atom stereocenters. The molecule has 3 rings (SSSR count). The van der Waals surface area contributed by atoms with Crippen LogP contribution in [0.2, 0.25) is 0 Å². The summed E-state index contributed by atoms with van der Waals surface area (Å²) >= 11 is 8.87. The van der Waals surface area contributed by atoms with E-state index < -0.39 is 10.0 Å². The van der Waals surface area contributed by atoms with Crippen LogP contribution in [0.1, 0.15) is 28.0 Å². The Morgan fingerprint density at radius 3 is 2.25 bits per heavy atom. The molecule has 1 amide bonds. The largest absolute Gasteiger partial charge is 0.423 e. The third-order valence-corrected chi connectivity index (χ3v) is 5.10. The molecule has 0 aliphatic carbocycles. The Labute approximate surface area is 195 Å². The molecule has 1 aromatic heterocycles. The van der Waals surface area contributed by atoms with E-state index in [1.54, 1.807) is 72.9 Å². The van der Waals surface area contributed by atoms with Gasteiger partial charge in [0.1, 0.15) is 15.7 Å². The summed E-state index contributed by atoms with van der Waals surface area (Å²) in [7, 11) is 0. The van der Waals surface area contributed by atoms with Crippen molar-refractivity contribution in [1.82, 2.24) is 10.4 Å². The van der Waals surface area contributed by atoms with Gasteiger partial charge < -0.3 is 10.5 Å². The van der Waals surface area contributed by atoms with Gasteiger partial charge in [-0.15, -0.1) is 0 Å². The molecule has 0 saturated heterocycles. The van der Waals surface area contributed by atoms with Crippen molar-refractivity contribution in [2.75, 3.05) is 5.43 Å². The Bertz CT molecular complexity index is 1100. The molecule has 0 saturated carbocycles. The number of hydrazine groups is 1. The van der Waals surface area contributed by atoms with Crippen LogP contribution in [-0.4, -0.2) is 22.7 Å². The fourth-order valence-corrected chi connectivity index (χ4v) is 3.21. The zero-order valence-electron chi connectivity index (χ0n) is 16.8. The third-order valence-electron chi connectivity index (χ3n) is 4.32. The zero-order chi connectivity index (χ0) is 23.1. The minimum Gasteiger partial charge on any atom is -0.423 e. The number of amides is 1. The van der Waals surface area contributed by atoms with E-state index in [1.165, 1.54) is 0 Å². The summed E-state index contributed by atoms with van der Waals surface area (Å²) < 4.78 is 4.28. The average molecular weight is 468 g/mol. The number of pyridine rings is 1.